The Morgan fingerprint density at radius 1 is 1.15 bits per heavy atom. The molecule has 2 fully saturated rings. The van der Waals surface area contributed by atoms with Crippen LogP contribution >= 0.6 is 0 Å². The molecule has 3 unspecified atom stereocenters. The fourth-order valence-electron chi connectivity index (χ4n) is 3.41. The Labute approximate surface area is 118 Å². The monoisotopic (exact) mass is 289 g/mol. The van der Waals surface area contributed by atoms with Crippen molar-refractivity contribution in [2.75, 3.05) is 32.7 Å². The molecule has 114 valence electrons. The summed E-state index contributed by atoms with van der Waals surface area (Å²) in [6.45, 7) is 3.56. The van der Waals surface area contributed by atoms with Crippen LogP contribution in [0.2, 0.25) is 0 Å². The van der Waals surface area contributed by atoms with Gasteiger partial charge in [-0.2, -0.15) is 18.4 Å². The van der Waals surface area contributed by atoms with Gasteiger partial charge in [-0.15, -0.1) is 0 Å². The first-order valence-corrected chi connectivity index (χ1v) is 7.32. The van der Waals surface area contributed by atoms with Crippen LogP contribution in [0.1, 0.15) is 26.2 Å². The van der Waals surface area contributed by atoms with E-state index >= 15 is 0 Å². The normalized spacial score (nSPS) is 33.9. The molecule has 0 N–H and O–H groups in total. The first kappa shape index (κ1) is 15.6. The quantitative estimate of drug-likeness (QED) is 0.782. The third-order valence-electron chi connectivity index (χ3n) is 4.52. The molecule has 0 spiro atoms. The van der Waals surface area contributed by atoms with Gasteiger partial charge in [0.15, 0.2) is 0 Å². The zero-order valence-corrected chi connectivity index (χ0v) is 11.9. The summed E-state index contributed by atoms with van der Waals surface area (Å²) in [6.07, 6.45) is -1.11. The third-order valence-corrected chi connectivity index (χ3v) is 4.52. The minimum absolute atomic E-state index is 0.0420. The molecule has 0 amide bonds. The van der Waals surface area contributed by atoms with Gasteiger partial charge >= 0.3 is 6.18 Å². The van der Waals surface area contributed by atoms with Crippen molar-refractivity contribution in [1.82, 2.24) is 9.80 Å². The number of nitrogens with zero attached hydrogens (tertiary/aromatic N) is 3. The van der Waals surface area contributed by atoms with Gasteiger partial charge in [0.25, 0.3) is 0 Å². The van der Waals surface area contributed by atoms with E-state index in [4.69, 9.17) is 0 Å². The van der Waals surface area contributed by atoms with E-state index in [0.717, 1.165) is 19.3 Å². The van der Waals surface area contributed by atoms with Gasteiger partial charge in [-0.05, 0) is 25.2 Å². The summed E-state index contributed by atoms with van der Waals surface area (Å²) in [5.74, 6) is 0.651. The topological polar surface area (TPSA) is 30.3 Å². The Morgan fingerprint density at radius 2 is 1.80 bits per heavy atom. The van der Waals surface area contributed by atoms with E-state index in [2.05, 4.69) is 17.9 Å². The molecule has 1 aliphatic heterocycles. The molecular formula is C14H22F3N3. The van der Waals surface area contributed by atoms with Crippen molar-refractivity contribution >= 4 is 0 Å². The number of piperazine rings is 1. The van der Waals surface area contributed by atoms with E-state index < -0.39 is 12.7 Å². The number of halogens is 3. The van der Waals surface area contributed by atoms with Crippen LogP contribution < -0.4 is 0 Å². The van der Waals surface area contributed by atoms with Crippen molar-refractivity contribution in [2.45, 2.75) is 38.4 Å². The number of alkyl halides is 3. The summed E-state index contributed by atoms with van der Waals surface area (Å²) >= 11 is 0. The first-order valence-electron chi connectivity index (χ1n) is 7.32. The number of nitriles is 1. The molecule has 1 saturated heterocycles. The largest absolute Gasteiger partial charge is 0.401 e. The highest BCUT2D eigenvalue weighted by Gasteiger charge is 2.36. The van der Waals surface area contributed by atoms with E-state index in [1.54, 1.807) is 0 Å². The van der Waals surface area contributed by atoms with Crippen molar-refractivity contribution in [2.24, 2.45) is 11.8 Å². The van der Waals surface area contributed by atoms with Crippen molar-refractivity contribution in [3.8, 4) is 6.07 Å². The summed E-state index contributed by atoms with van der Waals surface area (Å²) in [5.41, 5.74) is 0. The predicted octanol–water partition coefficient (Wildman–Crippen LogP) is 2.49. The van der Waals surface area contributed by atoms with Crippen LogP contribution in [0.25, 0.3) is 0 Å². The number of hydrogen-bond donors (Lipinski definition) is 0. The molecule has 20 heavy (non-hydrogen) atoms. The molecule has 0 bridgehead atoms. The Hall–Kier alpha value is -0.800. The molecular weight excluding hydrogens is 267 g/mol. The van der Waals surface area contributed by atoms with Gasteiger partial charge in [0, 0.05) is 32.2 Å². The zero-order chi connectivity index (χ0) is 14.8. The Kier molecular flexibility index (Phi) is 4.92. The van der Waals surface area contributed by atoms with Crippen LogP contribution in [-0.4, -0.2) is 54.7 Å². The fourth-order valence-corrected chi connectivity index (χ4v) is 3.41. The maximum atomic E-state index is 12.4. The van der Waals surface area contributed by atoms with Gasteiger partial charge in [-0.1, -0.05) is 6.92 Å². The summed E-state index contributed by atoms with van der Waals surface area (Å²) in [5, 5.41) is 9.25. The van der Waals surface area contributed by atoms with Gasteiger partial charge in [-0.25, -0.2) is 0 Å². The van der Waals surface area contributed by atoms with Crippen LogP contribution in [0.4, 0.5) is 13.2 Å². The van der Waals surface area contributed by atoms with E-state index in [1.807, 2.05) is 0 Å². The Morgan fingerprint density at radius 3 is 2.35 bits per heavy atom. The van der Waals surface area contributed by atoms with E-state index in [9.17, 15) is 18.4 Å². The van der Waals surface area contributed by atoms with Crippen molar-refractivity contribution in [3.05, 3.63) is 0 Å². The molecule has 3 nitrogen and oxygen atoms in total. The lowest BCUT2D eigenvalue weighted by Gasteiger charge is -2.43. The van der Waals surface area contributed by atoms with Crippen LogP contribution in [-0.2, 0) is 0 Å². The van der Waals surface area contributed by atoms with Gasteiger partial charge in [-0.3, -0.25) is 9.80 Å². The molecule has 0 aromatic heterocycles. The summed E-state index contributed by atoms with van der Waals surface area (Å²) in [7, 11) is 0. The van der Waals surface area contributed by atoms with E-state index in [1.165, 1.54) is 4.90 Å². The van der Waals surface area contributed by atoms with Crippen molar-refractivity contribution in [1.29, 1.82) is 5.26 Å². The molecule has 3 atom stereocenters. The molecule has 6 heteroatoms. The summed E-state index contributed by atoms with van der Waals surface area (Å²) in [6, 6.07) is 2.62. The second-order valence-corrected chi connectivity index (χ2v) is 6.15. The summed E-state index contributed by atoms with van der Waals surface area (Å²) in [4.78, 5) is 3.69. The van der Waals surface area contributed by atoms with Crippen LogP contribution in [0.3, 0.4) is 0 Å². The molecule has 1 aliphatic carbocycles. The van der Waals surface area contributed by atoms with Crippen molar-refractivity contribution < 1.29 is 13.2 Å². The standard InChI is InChI=1S/C14H22F3N3/c1-11-2-3-12(9-18)13(8-11)20-6-4-19(5-7-20)10-14(15,16)17/h11-13H,2-8,10H2,1H3. The lowest BCUT2D eigenvalue weighted by Crippen LogP contribution is -2.54. The minimum Gasteiger partial charge on any atom is -0.297 e. The molecule has 1 saturated carbocycles. The first-order chi connectivity index (χ1) is 9.39. The maximum Gasteiger partial charge on any atom is 0.401 e. The molecule has 0 radical (unpaired) electrons. The van der Waals surface area contributed by atoms with Gasteiger partial charge in [0.2, 0.25) is 0 Å². The molecule has 0 aromatic carbocycles. The SMILES string of the molecule is CC1CCC(C#N)C(N2CCN(CC(F)(F)F)CC2)C1. The average Bonchev–Trinajstić information content (AvgIpc) is 2.38. The fraction of sp³-hybridized carbons (Fsp3) is 0.929. The second-order valence-electron chi connectivity index (χ2n) is 6.15. The molecule has 2 aliphatic rings. The molecule has 2 rings (SSSR count). The third kappa shape index (κ3) is 4.10. The lowest BCUT2D eigenvalue weighted by molar-refractivity contribution is -0.150. The van der Waals surface area contributed by atoms with Crippen LogP contribution in [0, 0.1) is 23.2 Å². The van der Waals surface area contributed by atoms with E-state index in [-0.39, 0.29) is 12.0 Å². The Bertz CT molecular complexity index is 356. The van der Waals surface area contributed by atoms with Gasteiger partial charge in [0.1, 0.15) is 0 Å². The summed E-state index contributed by atoms with van der Waals surface area (Å²) < 4.78 is 37.1. The highest BCUT2D eigenvalue weighted by molar-refractivity contribution is 4.98. The Balaban J connectivity index is 1.87. The predicted molar refractivity (Wildman–Crippen MR) is 70.0 cm³/mol. The number of rotatable bonds is 2. The smallest absolute Gasteiger partial charge is 0.297 e. The highest BCUT2D eigenvalue weighted by atomic mass is 19.4. The van der Waals surface area contributed by atoms with Crippen LogP contribution in [0.15, 0.2) is 0 Å². The highest BCUT2D eigenvalue weighted by Crippen LogP contribution is 2.32. The van der Waals surface area contributed by atoms with Crippen molar-refractivity contribution in [3.63, 3.8) is 0 Å². The molecule has 1 heterocycles. The van der Waals surface area contributed by atoms with Crippen LogP contribution in [0.5, 0.6) is 0 Å². The van der Waals surface area contributed by atoms with E-state index in [0.29, 0.717) is 32.1 Å². The minimum atomic E-state index is -4.11. The zero-order valence-electron chi connectivity index (χ0n) is 11.9. The number of hydrogen-bond acceptors (Lipinski definition) is 3. The maximum absolute atomic E-state index is 12.4. The lowest BCUT2D eigenvalue weighted by atomic mass is 9.79. The second kappa shape index (κ2) is 6.31. The average molecular weight is 289 g/mol. The molecule has 0 aromatic rings. The van der Waals surface area contributed by atoms with Gasteiger partial charge in [0.05, 0.1) is 18.5 Å². The van der Waals surface area contributed by atoms with Gasteiger partial charge < -0.3 is 0 Å².